The van der Waals surface area contributed by atoms with Gasteiger partial charge in [-0.05, 0) is 18.9 Å². The molecule has 0 N–H and O–H groups in total. The molecular weight excluding hydrogens is 266 g/mol. The van der Waals surface area contributed by atoms with Crippen molar-refractivity contribution in [3.63, 3.8) is 0 Å². The van der Waals surface area contributed by atoms with Gasteiger partial charge in [0.2, 0.25) is 0 Å². The van der Waals surface area contributed by atoms with Crippen molar-refractivity contribution >= 4 is 0 Å². The first-order valence-corrected chi connectivity index (χ1v) is 9.84. The van der Waals surface area contributed by atoms with Crippen LogP contribution in [0.2, 0.25) is 0 Å². The van der Waals surface area contributed by atoms with Crippen molar-refractivity contribution < 1.29 is 4.57 Å². The van der Waals surface area contributed by atoms with E-state index in [1.807, 2.05) is 0 Å². The molecule has 0 fully saturated rings. The molecule has 0 aliphatic carbocycles. The third-order valence-electron chi connectivity index (χ3n) is 4.60. The van der Waals surface area contributed by atoms with Gasteiger partial charge in [0.1, 0.15) is 6.54 Å². The van der Waals surface area contributed by atoms with Gasteiger partial charge in [0, 0.05) is 18.1 Å². The summed E-state index contributed by atoms with van der Waals surface area (Å²) >= 11 is 0. The smallest absolute Gasteiger partial charge is 0.171 e. The highest BCUT2D eigenvalue weighted by atomic mass is 14.9. The summed E-state index contributed by atoms with van der Waals surface area (Å²) < 4.78 is 2.36. The molecule has 0 radical (unpaired) electrons. The number of hydrogen-bond acceptors (Lipinski definition) is 0. The Balaban J connectivity index is 1.87. The molecule has 0 spiro atoms. The minimum atomic E-state index is 1.14. The van der Waals surface area contributed by atoms with Gasteiger partial charge in [-0.1, -0.05) is 78.1 Å². The van der Waals surface area contributed by atoms with E-state index in [9.17, 15) is 0 Å². The molecule has 1 rings (SSSR count). The number of nitrogens with zero attached hydrogens (tertiary/aromatic N) is 1. The second-order valence-corrected chi connectivity index (χ2v) is 6.69. The minimum absolute atomic E-state index is 1.14. The summed E-state index contributed by atoms with van der Waals surface area (Å²) in [6.45, 7) is 5.70. The molecule has 0 atom stereocenters. The standard InChI is InChI=1S/C21H38N/c1-3-5-6-7-8-9-10-11-12-13-14-15-18-22-19-16-17-21(4-2)20-22/h16-17,19-20H,3-15,18H2,1-2H3/q+1. The van der Waals surface area contributed by atoms with Crippen LogP contribution in [0, 0.1) is 0 Å². The quantitative estimate of drug-likeness (QED) is 0.283. The molecule has 0 bridgehead atoms. The first kappa shape index (κ1) is 19.2. The van der Waals surface area contributed by atoms with E-state index < -0.39 is 0 Å². The first-order valence-electron chi connectivity index (χ1n) is 9.84. The summed E-state index contributed by atoms with van der Waals surface area (Å²) in [5, 5.41) is 0. The molecule has 1 heteroatoms. The van der Waals surface area contributed by atoms with E-state index in [1.165, 1.54) is 89.2 Å². The van der Waals surface area contributed by atoms with Gasteiger partial charge in [-0.2, -0.15) is 0 Å². The van der Waals surface area contributed by atoms with E-state index in [0.717, 1.165) is 6.42 Å². The lowest BCUT2D eigenvalue weighted by Gasteiger charge is -2.02. The van der Waals surface area contributed by atoms with Crippen LogP contribution < -0.4 is 4.57 Å². The van der Waals surface area contributed by atoms with Crippen LogP contribution in [0.3, 0.4) is 0 Å². The maximum atomic E-state index is 2.36. The largest absolute Gasteiger partial charge is 0.205 e. The SMILES string of the molecule is CCCCCCCCCCCCCC[n+]1cccc(CC)c1. The maximum Gasteiger partial charge on any atom is 0.171 e. The maximum absolute atomic E-state index is 2.36. The molecule has 22 heavy (non-hydrogen) atoms. The Morgan fingerprint density at radius 2 is 1.27 bits per heavy atom. The zero-order chi connectivity index (χ0) is 15.9. The summed E-state index contributed by atoms with van der Waals surface area (Å²) in [6, 6.07) is 4.40. The molecule has 0 saturated heterocycles. The number of rotatable bonds is 14. The van der Waals surface area contributed by atoms with Crippen LogP contribution in [0.1, 0.15) is 96.5 Å². The summed E-state index contributed by atoms with van der Waals surface area (Å²) in [5.41, 5.74) is 1.45. The Bertz CT molecular complexity index is 359. The Labute approximate surface area is 139 Å². The van der Waals surface area contributed by atoms with Crippen LogP contribution in [0.4, 0.5) is 0 Å². The van der Waals surface area contributed by atoms with Crippen molar-refractivity contribution in [2.24, 2.45) is 0 Å². The molecule has 1 aromatic heterocycles. The summed E-state index contributed by atoms with van der Waals surface area (Å²) in [5.74, 6) is 0. The molecule has 0 saturated carbocycles. The number of pyridine rings is 1. The van der Waals surface area contributed by atoms with E-state index in [0.29, 0.717) is 0 Å². The van der Waals surface area contributed by atoms with Crippen LogP contribution in [0.25, 0.3) is 0 Å². The molecule has 0 amide bonds. The average Bonchev–Trinajstić information content (AvgIpc) is 2.56. The lowest BCUT2D eigenvalue weighted by molar-refractivity contribution is -0.697. The van der Waals surface area contributed by atoms with Gasteiger partial charge in [0.25, 0.3) is 0 Å². The number of hydrogen-bond donors (Lipinski definition) is 0. The minimum Gasteiger partial charge on any atom is -0.205 e. The van der Waals surface area contributed by atoms with Crippen LogP contribution in [-0.2, 0) is 13.0 Å². The van der Waals surface area contributed by atoms with Gasteiger partial charge in [-0.15, -0.1) is 0 Å². The number of aromatic nitrogens is 1. The van der Waals surface area contributed by atoms with Gasteiger partial charge in [-0.25, -0.2) is 4.57 Å². The lowest BCUT2D eigenvalue weighted by atomic mass is 10.1. The van der Waals surface area contributed by atoms with Gasteiger partial charge >= 0.3 is 0 Å². The van der Waals surface area contributed by atoms with Gasteiger partial charge in [-0.3, -0.25) is 0 Å². The van der Waals surface area contributed by atoms with E-state index in [-0.39, 0.29) is 0 Å². The Hall–Kier alpha value is -0.850. The highest BCUT2D eigenvalue weighted by Gasteiger charge is 2.01. The monoisotopic (exact) mass is 304 g/mol. The van der Waals surface area contributed by atoms with Crippen LogP contribution in [0.5, 0.6) is 0 Å². The summed E-state index contributed by atoms with van der Waals surface area (Å²) in [4.78, 5) is 0. The van der Waals surface area contributed by atoms with Crippen LogP contribution in [-0.4, -0.2) is 0 Å². The van der Waals surface area contributed by atoms with E-state index in [4.69, 9.17) is 0 Å². The summed E-state index contributed by atoms with van der Waals surface area (Å²) in [7, 11) is 0. The molecule has 0 aliphatic rings. The predicted octanol–water partition coefficient (Wildman–Crippen LogP) is 6.24. The van der Waals surface area contributed by atoms with Gasteiger partial charge < -0.3 is 0 Å². The molecule has 0 unspecified atom stereocenters. The Morgan fingerprint density at radius 1 is 0.727 bits per heavy atom. The Kier molecular flexibility index (Phi) is 12.0. The lowest BCUT2D eigenvalue weighted by Crippen LogP contribution is -2.33. The topological polar surface area (TPSA) is 3.88 Å². The van der Waals surface area contributed by atoms with Crippen molar-refractivity contribution in [1.82, 2.24) is 0 Å². The first-order chi connectivity index (χ1) is 10.9. The molecular formula is C21H38N+. The van der Waals surface area contributed by atoms with Crippen LogP contribution in [0.15, 0.2) is 24.5 Å². The van der Waals surface area contributed by atoms with Crippen molar-refractivity contribution in [2.75, 3.05) is 0 Å². The fourth-order valence-electron chi connectivity index (χ4n) is 3.06. The van der Waals surface area contributed by atoms with E-state index >= 15 is 0 Å². The molecule has 126 valence electrons. The zero-order valence-corrected chi connectivity index (χ0v) is 15.2. The van der Waals surface area contributed by atoms with Crippen molar-refractivity contribution in [3.8, 4) is 0 Å². The zero-order valence-electron chi connectivity index (χ0n) is 15.2. The van der Waals surface area contributed by atoms with Crippen molar-refractivity contribution in [3.05, 3.63) is 30.1 Å². The van der Waals surface area contributed by atoms with Gasteiger partial charge in [0.05, 0.1) is 0 Å². The highest BCUT2D eigenvalue weighted by Crippen LogP contribution is 2.11. The fourth-order valence-corrected chi connectivity index (χ4v) is 3.06. The van der Waals surface area contributed by atoms with E-state index in [2.05, 4.69) is 42.9 Å². The van der Waals surface area contributed by atoms with Crippen molar-refractivity contribution in [2.45, 2.75) is 104 Å². The predicted molar refractivity (Wildman–Crippen MR) is 97.1 cm³/mol. The average molecular weight is 305 g/mol. The normalized spacial score (nSPS) is 11.0. The number of aryl methyl sites for hydroxylation is 2. The number of unbranched alkanes of at least 4 members (excludes halogenated alkanes) is 11. The second-order valence-electron chi connectivity index (χ2n) is 6.69. The van der Waals surface area contributed by atoms with Crippen LogP contribution >= 0.6 is 0 Å². The highest BCUT2D eigenvalue weighted by molar-refractivity contribution is 5.04. The third kappa shape index (κ3) is 9.97. The molecule has 0 aliphatic heterocycles. The third-order valence-corrected chi connectivity index (χ3v) is 4.60. The fraction of sp³-hybridized carbons (Fsp3) is 0.762. The molecule has 1 heterocycles. The molecule has 1 aromatic rings. The Morgan fingerprint density at radius 3 is 1.82 bits per heavy atom. The second kappa shape index (κ2) is 13.8. The van der Waals surface area contributed by atoms with Gasteiger partial charge in [0.15, 0.2) is 12.4 Å². The van der Waals surface area contributed by atoms with E-state index in [1.54, 1.807) is 0 Å². The molecule has 1 nitrogen and oxygen atoms in total. The molecule has 0 aromatic carbocycles. The summed E-state index contributed by atoms with van der Waals surface area (Å²) in [6.07, 6.45) is 22.8. The van der Waals surface area contributed by atoms with Crippen molar-refractivity contribution in [1.29, 1.82) is 0 Å².